The first-order valence-corrected chi connectivity index (χ1v) is 10.6. The summed E-state index contributed by atoms with van der Waals surface area (Å²) in [6.07, 6.45) is -3.31. The van der Waals surface area contributed by atoms with E-state index in [1.807, 2.05) is 0 Å². The van der Waals surface area contributed by atoms with Crippen molar-refractivity contribution in [1.29, 1.82) is 0 Å². The zero-order chi connectivity index (χ0) is 21.8. The summed E-state index contributed by atoms with van der Waals surface area (Å²) in [5.74, 6) is -0.830. The molecule has 0 bridgehead atoms. The van der Waals surface area contributed by atoms with Gasteiger partial charge >= 0.3 is 6.36 Å². The summed E-state index contributed by atoms with van der Waals surface area (Å²) < 4.78 is 67.1. The number of aromatic nitrogens is 1. The van der Waals surface area contributed by atoms with Crippen molar-refractivity contribution in [1.82, 2.24) is 10.3 Å². The summed E-state index contributed by atoms with van der Waals surface area (Å²) in [6.45, 7) is 0.0663. The van der Waals surface area contributed by atoms with Crippen LogP contribution >= 0.6 is 11.3 Å². The average Bonchev–Trinajstić information content (AvgIpc) is 3.18. The highest BCUT2D eigenvalue weighted by Crippen LogP contribution is 2.23. The maximum absolute atomic E-state index is 12.3. The van der Waals surface area contributed by atoms with Gasteiger partial charge in [0.2, 0.25) is 0 Å². The number of alkyl halides is 3. The maximum Gasteiger partial charge on any atom is 0.573 e. The molecule has 2 N–H and O–H groups in total. The predicted octanol–water partition coefficient (Wildman–Crippen LogP) is 3.77. The first kappa shape index (κ1) is 21.6. The van der Waals surface area contributed by atoms with E-state index in [4.69, 9.17) is 0 Å². The fourth-order valence-corrected chi connectivity index (χ4v) is 4.12. The van der Waals surface area contributed by atoms with Crippen molar-refractivity contribution in [3.8, 4) is 5.75 Å². The Labute approximate surface area is 173 Å². The van der Waals surface area contributed by atoms with Crippen molar-refractivity contribution in [2.45, 2.75) is 17.8 Å². The molecule has 0 aliphatic rings. The van der Waals surface area contributed by atoms with Crippen LogP contribution in [0.4, 0.5) is 18.3 Å². The van der Waals surface area contributed by atoms with Gasteiger partial charge in [0, 0.05) is 23.7 Å². The Bertz CT molecular complexity index is 1100. The number of anilines is 1. The van der Waals surface area contributed by atoms with Crippen LogP contribution < -0.4 is 14.8 Å². The van der Waals surface area contributed by atoms with Crippen molar-refractivity contribution in [2.24, 2.45) is 0 Å². The summed E-state index contributed by atoms with van der Waals surface area (Å²) in [5.41, 5.74) is 0.782. The molecule has 1 heterocycles. The standard InChI is InChI=1S/C18H14F3N3O4S2/c19-18(20,21)28-14-5-1-12(2-6-14)11-23-16(25)13-3-7-15(8-4-13)30(26,27)24-17-22-9-10-29-17/h1-10H,11H2,(H,22,24)(H,23,25). The van der Waals surface area contributed by atoms with Crippen LogP contribution in [0.15, 0.2) is 65.0 Å². The lowest BCUT2D eigenvalue weighted by Gasteiger charge is -2.10. The number of thiazole rings is 1. The summed E-state index contributed by atoms with van der Waals surface area (Å²) in [5, 5.41) is 4.45. The van der Waals surface area contributed by atoms with Crippen LogP contribution in [-0.4, -0.2) is 25.7 Å². The molecule has 0 saturated carbocycles. The summed E-state index contributed by atoms with van der Waals surface area (Å²) >= 11 is 1.13. The fourth-order valence-electron chi connectivity index (χ4n) is 2.33. The second-order valence-corrected chi connectivity index (χ2v) is 8.42. The molecule has 0 fully saturated rings. The number of hydrogen-bond donors (Lipinski definition) is 2. The molecule has 0 spiro atoms. The highest BCUT2D eigenvalue weighted by atomic mass is 32.2. The molecular weight excluding hydrogens is 443 g/mol. The molecule has 0 saturated heterocycles. The van der Waals surface area contributed by atoms with E-state index in [2.05, 4.69) is 19.8 Å². The maximum atomic E-state index is 12.3. The Morgan fingerprint density at radius 3 is 2.30 bits per heavy atom. The highest BCUT2D eigenvalue weighted by molar-refractivity contribution is 7.93. The minimum atomic E-state index is -4.77. The lowest BCUT2D eigenvalue weighted by molar-refractivity contribution is -0.274. The normalized spacial score (nSPS) is 11.7. The molecule has 0 radical (unpaired) electrons. The Kier molecular flexibility index (Phi) is 6.27. The second-order valence-electron chi connectivity index (χ2n) is 5.84. The lowest BCUT2D eigenvalue weighted by Crippen LogP contribution is -2.23. The van der Waals surface area contributed by atoms with E-state index in [1.165, 1.54) is 42.6 Å². The molecule has 0 atom stereocenters. The number of hydrogen-bond acceptors (Lipinski definition) is 6. The zero-order valence-corrected chi connectivity index (χ0v) is 16.6. The van der Waals surface area contributed by atoms with Gasteiger partial charge in [-0.25, -0.2) is 13.4 Å². The van der Waals surface area contributed by atoms with Gasteiger partial charge in [0.25, 0.3) is 15.9 Å². The molecule has 0 aliphatic carbocycles. The van der Waals surface area contributed by atoms with Crippen LogP contribution in [0.5, 0.6) is 5.75 Å². The van der Waals surface area contributed by atoms with E-state index in [-0.39, 0.29) is 27.9 Å². The molecule has 2 aromatic carbocycles. The summed E-state index contributed by atoms with van der Waals surface area (Å²) in [6, 6.07) is 10.3. The van der Waals surface area contributed by atoms with E-state index >= 15 is 0 Å². The number of benzene rings is 2. The molecule has 0 unspecified atom stereocenters. The van der Waals surface area contributed by atoms with Crippen LogP contribution in [0.1, 0.15) is 15.9 Å². The number of carbonyl (C=O) groups excluding carboxylic acids is 1. The van der Waals surface area contributed by atoms with E-state index < -0.39 is 22.3 Å². The van der Waals surface area contributed by atoms with Crippen LogP contribution in [0.2, 0.25) is 0 Å². The molecule has 0 aliphatic heterocycles. The lowest BCUT2D eigenvalue weighted by atomic mass is 10.2. The SMILES string of the molecule is O=C(NCc1ccc(OC(F)(F)F)cc1)c1ccc(S(=O)(=O)Nc2nccs2)cc1. The first-order chi connectivity index (χ1) is 14.1. The van der Waals surface area contributed by atoms with Gasteiger partial charge in [0.15, 0.2) is 5.13 Å². The van der Waals surface area contributed by atoms with Gasteiger partial charge in [-0.15, -0.1) is 24.5 Å². The zero-order valence-electron chi connectivity index (χ0n) is 15.0. The Morgan fingerprint density at radius 1 is 1.07 bits per heavy atom. The van der Waals surface area contributed by atoms with Gasteiger partial charge in [-0.1, -0.05) is 12.1 Å². The van der Waals surface area contributed by atoms with Gasteiger partial charge in [0.05, 0.1) is 4.90 Å². The number of sulfonamides is 1. The third-order valence-corrected chi connectivity index (χ3v) is 5.86. The Hall–Kier alpha value is -3.12. The number of rotatable bonds is 7. The Morgan fingerprint density at radius 2 is 1.73 bits per heavy atom. The molecule has 1 amide bonds. The number of amides is 1. The fraction of sp³-hybridized carbons (Fsp3) is 0.111. The summed E-state index contributed by atoms with van der Waals surface area (Å²) in [4.78, 5) is 16.0. The molecule has 3 aromatic rings. The second kappa shape index (κ2) is 8.71. The van der Waals surface area contributed by atoms with Crippen molar-refractivity contribution >= 4 is 32.4 Å². The number of halogens is 3. The minimum absolute atomic E-state index is 0.0329. The molecule has 30 heavy (non-hydrogen) atoms. The third kappa shape index (κ3) is 5.94. The number of ether oxygens (including phenoxy) is 1. The van der Waals surface area contributed by atoms with Crippen LogP contribution in [0.3, 0.4) is 0 Å². The van der Waals surface area contributed by atoms with Gasteiger partial charge in [0.1, 0.15) is 5.75 Å². The molecule has 158 valence electrons. The van der Waals surface area contributed by atoms with Gasteiger partial charge < -0.3 is 10.1 Å². The van der Waals surface area contributed by atoms with Crippen molar-refractivity contribution < 1.29 is 31.1 Å². The third-order valence-electron chi connectivity index (χ3n) is 3.69. The Balaban J connectivity index is 1.58. The van der Waals surface area contributed by atoms with Gasteiger partial charge in [-0.3, -0.25) is 9.52 Å². The van der Waals surface area contributed by atoms with Gasteiger partial charge in [-0.2, -0.15) is 0 Å². The quantitative estimate of drug-likeness (QED) is 0.563. The van der Waals surface area contributed by atoms with Crippen molar-refractivity contribution in [2.75, 3.05) is 4.72 Å². The number of carbonyl (C=O) groups is 1. The molecule has 7 nitrogen and oxygen atoms in total. The largest absolute Gasteiger partial charge is 0.573 e. The molecule has 12 heteroatoms. The summed E-state index contributed by atoms with van der Waals surface area (Å²) in [7, 11) is -3.82. The van der Waals surface area contributed by atoms with E-state index in [0.717, 1.165) is 23.5 Å². The topological polar surface area (TPSA) is 97.4 Å². The van der Waals surface area contributed by atoms with Crippen LogP contribution in [0.25, 0.3) is 0 Å². The van der Waals surface area contributed by atoms with E-state index in [9.17, 15) is 26.4 Å². The smallest absolute Gasteiger partial charge is 0.406 e. The highest BCUT2D eigenvalue weighted by Gasteiger charge is 2.30. The van der Waals surface area contributed by atoms with Crippen molar-refractivity contribution in [3.63, 3.8) is 0 Å². The minimum Gasteiger partial charge on any atom is -0.406 e. The van der Waals surface area contributed by atoms with Gasteiger partial charge in [-0.05, 0) is 42.0 Å². The average molecular weight is 457 g/mol. The number of nitrogens with one attached hydrogen (secondary N) is 2. The molecular formula is C18H14F3N3O4S2. The predicted molar refractivity (Wildman–Crippen MR) is 104 cm³/mol. The monoisotopic (exact) mass is 457 g/mol. The van der Waals surface area contributed by atoms with E-state index in [1.54, 1.807) is 5.38 Å². The van der Waals surface area contributed by atoms with E-state index in [0.29, 0.717) is 5.56 Å². The van der Waals surface area contributed by atoms with Crippen LogP contribution in [0, 0.1) is 0 Å². The molecule has 3 rings (SSSR count). The van der Waals surface area contributed by atoms with Crippen LogP contribution in [-0.2, 0) is 16.6 Å². The van der Waals surface area contributed by atoms with Crippen molar-refractivity contribution in [3.05, 3.63) is 71.2 Å². The molecule has 1 aromatic heterocycles. The number of nitrogens with zero attached hydrogens (tertiary/aromatic N) is 1. The first-order valence-electron chi connectivity index (χ1n) is 8.28.